The summed E-state index contributed by atoms with van der Waals surface area (Å²) in [7, 11) is 1.51. The number of methoxy groups -OCH3 is 1. The lowest BCUT2D eigenvalue weighted by Crippen LogP contribution is -2.30. The second-order valence-electron chi connectivity index (χ2n) is 4.25. The number of alkyl halides is 3. The Balaban J connectivity index is 3.10. The molecule has 3 N–H and O–H groups in total. The summed E-state index contributed by atoms with van der Waals surface area (Å²) < 4.78 is 43.8. The first kappa shape index (κ1) is 16.7. The molecule has 0 heterocycles. The van der Waals surface area contributed by atoms with Gasteiger partial charge in [-0.3, -0.25) is 0 Å². The molecule has 1 aromatic rings. The summed E-state index contributed by atoms with van der Waals surface area (Å²) in [6.45, 7) is 0.676. The summed E-state index contributed by atoms with van der Waals surface area (Å²) in [5.74, 6) is 0. The van der Waals surface area contributed by atoms with E-state index in [1.807, 2.05) is 0 Å². The third-order valence-electron chi connectivity index (χ3n) is 2.92. The molecule has 0 atom stereocenters. The number of rotatable bonds is 7. The average Bonchev–Trinajstić information content (AvgIpc) is 2.42. The molecule has 0 aliphatic carbocycles. The van der Waals surface area contributed by atoms with Crippen LogP contribution in [-0.4, -0.2) is 38.5 Å². The number of aliphatic hydroxyl groups is 1. The van der Waals surface area contributed by atoms with Gasteiger partial charge in [-0.15, -0.1) is 0 Å². The van der Waals surface area contributed by atoms with E-state index < -0.39 is 11.7 Å². The van der Waals surface area contributed by atoms with Gasteiger partial charge in [0.15, 0.2) is 0 Å². The molecule has 0 aliphatic rings. The summed E-state index contributed by atoms with van der Waals surface area (Å²) in [6, 6.07) is 4.01. The molecule has 0 bridgehead atoms. The molecule has 20 heavy (non-hydrogen) atoms. The quantitative estimate of drug-likeness (QED) is 0.801. The molecule has 0 amide bonds. The third kappa shape index (κ3) is 4.36. The molecule has 0 saturated heterocycles. The van der Waals surface area contributed by atoms with E-state index in [1.54, 1.807) is 11.0 Å². The highest BCUT2D eigenvalue weighted by Gasteiger charge is 2.33. The van der Waals surface area contributed by atoms with Crippen molar-refractivity contribution < 1.29 is 23.0 Å². The minimum absolute atomic E-state index is 0.0527. The molecule has 1 aromatic carbocycles. The first-order valence-corrected chi connectivity index (χ1v) is 6.19. The van der Waals surface area contributed by atoms with Gasteiger partial charge in [-0.2, -0.15) is 13.2 Å². The van der Waals surface area contributed by atoms with E-state index in [1.165, 1.54) is 13.2 Å². The zero-order valence-electron chi connectivity index (χ0n) is 11.3. The van der Waals surface area contributed by atoms with E-state index in [9.17, 15) is 13.2 Å². The Kier molecular flexibility index (Phi) is 6.25. The Hall–Kier alpha value is -1.31. The van der Waals surface area contributed by atoms with Gasteiger partial charge in [0.1, 0.15) is 0 Å². The van der Waals surface area contributed by atoms with Gasteiger partial charge in [0.05, 0.1) is 18.8 Å². The normalized spacial score (nSPS) is 11.7. The van der Waals surface area contributed by atoms with Crippen molar-refractivity contribution in [1.82, 2.24) is 0 Å². The van der Waals surface area contributed by atoms with Crippen molar-refractivity contribution in [3.05, 3.63) is 29.3 Å². The first-order valence-electron chi connectivity index (χ1n) is 6.19. The van der Waals surface area contributed by atoms with Crippen molar-refractivity contribution in [2.75, 3.05) is 38.3 Å². The summed E-state index contributed by atoms with van der Waals surface area (Å²) in [4.78, 5) is 1.64. The Morgan fingerprint density at radius 3 is 2.50 bits per heavy atom. The maximum Gasteiger partial charge on any atom is 0.416 e. The van der Waals surface area contributed by atoms with Crippen LogP contribution < -0.4 is 10.6 Å². The maximum absolute atomic E-state index is 13.0. The lowest BCUT2D eigenvalue weighted by Gasteiger charge is -2.25. The van der Waals surface area contributed by atoms with E-state index in [-0.39, 0.29) is 25.3 Å². The van der Waals surface area contributed by atoms with E-state index in [0.717, 1.165) is 6.07 Å². The number of hydrogen-bond acceptors (Lipinski definition) is 4. The zero-order chi connectivity index (χ0) is 15.2. The van der Waals surface area contributed by atoms with Crippen LogP contribution in [-0.2, 0) is 17.5 Å². The number of hydrogen-bond donors (Lipinski definition) is 2. The minimum atomic E-state index is -4.45. The van der Waals surface area contributed by atoms with Crippen molar-refractivity contribution in [2.24, 2.45) is 5.73 Å². The van der Waals surface area contributed by atoms with E-state index in [2.05, 4.69) is 0 Å². The van der Waals surface area contributed by atoms with Crippen LogP contribution in [0.3, 0.4) is 0 Å². The van der Waals surface area contributed by atoms with Gasteiger partial charge in [0, 0.05) is 32.4 Å². The van der Waals surface area contributed by atoms with Gasteiger partial charge in [-0.05, 0) is 17.7 Å². The van der Waals surface area contributed by atoms with Crippen LogP contribution in [0.4, 0.5) is 18.9 Å². The number of nitrogens with zero attached hydrogens (tertiary/aromatic N) is 1. The Morgan fingerprint density at radius 2 is 2.00 bits per heavy atom. The lowest BCUT2D eigenvalue weighted by molar-refractivity contribution is -0.138. The Labute approximate surface area is 115 Å². The highest BCUT2D eigenvalue weighted by Crippen LogP contribution is 2.34. The monoisotopic (exact) mass is 292 g/mol. The number of nitrogens with two attached hydrogens (primary N) is 1. The third-order valence-corrected chi connectivity index (χ3v) is 2.92. The summed E-state index contributed by atoms with van der Waals surface area (Å²) in [5, 5.41) is 9.00. The van der Waals surface area contributed by atoms with Crippen LogP contribution in [0.5, 0.6) is 0 Å². The van der Waals surface area contributed by atoms with Crippen molar-refractivity contribution >= 4 is 5.69 Å². The SMILES string of the molecule is COCCN(CCO)c1ccc(CN)c(C(F)(F)F)c1. The fourth-order valence-electron chi connectivity index (χ4n) is 1.90. The van der Waals surface area contributed by atoms with Crippen LogP contribution in [0.1, 0.15) is 11.1 Å². The van der Waals surface area contributed by atoms with Gasteiger partial charge in [0.25, 0.3) is 0 Å². The average molecular weight is 292 g/mol. The van der Waals surface area contributed by atoms with E-state index in [4.69, 9.17) is 15.6 Å². The molecule has 0 radical (unpaired) electrons. The van der Waals surface area contributed by atoms with E-state index >= 15 is 0 Å². The molecule has 7 heteroatoms. The fraction of sp³-hybridized carbons (Fsp3) is 0.538. The predicted octanol–water partition coefficient (Wildman–Crippen LogP) is 1.61. The smallest absolute Gasteiger partial charge is 0.395 e. The molecular formula is C13H19F3N2O2. The maximum atomic E-state index is 13.0. The van der Waals surface area contributed by atoms with Gasteiger partial charge in [-0.25, -0.2) is 0 Å². The lowest BCUT2D eigenvalue weighted by atomic mass is 10.1. The van der Waals surface area contributed by atoms with Crippen LogP contribution >= 0.6 is 0 Å². The first-order chi connectivity index (χ1) is 9.43. The summed E-state index contributed by atoms with van der Waals surface area (Å²) in [5.41, 5.74) is 5.04. The number of aliphatic hydroxyl groups excluding tert-OH is 1. The summed E-state index contributed by atoms with van der Waals surface area (Å²) >= 11 is 0. The van der Waals surface area contributed by atoms with Gasteiger partial charge >= 0.3 is 6.18 Å². The van der Waals surface area contributed by atoms with Crippen molar-refractivity contribution in [2.45, 2.75) is 12.7 Å². The number of anilines is 1. The highest BCUT2D eigenvalue weighted by molar-refractivity contribution is 5.52. The van der Waals surface area contributed by atoms with Crippen LogP contribution in [0.25, 0.3) is 0 Å². The molecule has 0 aromatic heterocycles. The van der Waals surface area contributed by atoms with Crippen LogP contribution in [0.2, 0.25) is 0 Å². The van der Waals surface area contributed by atoms with E-state index in [0.29, 0.717) is 18.8 Å². The largest absolute Gasteiger partial charge is 0.416 e. The molecule has 0 unspecified atom stereocenters. The highest BCUT2D eigenvalue weighted by atomic mass is 19.4. The van der Waals surface area contributed by atoms with Crippen LogP contribution in [0.15, 0.2) is 18.2 Å². The molecule has 1 rings (SSSR count). The molecule has 0 spiro atoms. The van der Waals surface area contributed by atoms with Gasteiger partial charge in [-0.1, -0.05) is 6.07 Å². The minimum Gasteiger partial charge on any atom is -0.395 e. The molecule has 0 aliphatic heterocycles. The standard InChI is InChI=1S/C13H19F3N2O2/c1-20-7-5-18(4-6-19)11-3-2-10(9-17)12(8-11)13(14,15)16/h2-3,8,19H,4-7,9,17H2,1H3. The molecular weight excluding hydrogens is 273 g/mol. The fourth-order valence-corrected chi connectivity index (χ4v) is 1.90. The molecule has 114 valence electrons. The molecule has 0 fully saturated rings. The zero-order valence-corrected chi connectivity index (χ0v) is 11.3. The van der Waals surface area contributed by atoms with Crippen molar-refractivity contribution in [3.8, 4) is 0 Å². The second kappa shape index (κ2) is 7.47. The molecule has 4 nitrogen and oxygen atoms in total. The van der Waals surface area contributed by atoms with Gasteiger partial charge < -0.3 is 20.5 Å². The Morgan fingerprint density at radius 1 is 1.30 bits per heavy atom. The van der Waals surface area contributed by atoms with Crippen molar-refractivity contribution in [3.63, 3.8) is 0 Å². The van der Waals surface area contributed by atoms with Crippen LogP contribution in [0, 0.1) is 0 Å². The Bertz CT molecular complexity index is 425. The number of halogens is 3. The van der Waals surface area contributed by atoms with Crippen molar-refractivity contribution in [1.29, 1.82) is 0 Å². The van der Waals surface area contributed by atoms with Gasteiger partial charge in [0.2, 0.25) is 0 Å². The summed E-state index contributed by atoms with van der Waals surface area (Å²) in [6.07, 6.45) is -4.45. The topological polar surface area (TPSA) is 58.7 Å². The molecule has 0 saturated carbocycles. The number of benzene rings is 1. The number of ether oxygens (including phenoxy) is 1. The predicted molar refractivity (Wildman–Crippen MR) is 70.5 cm³/mol. The second-order valence-corrected chi connectivity index (χ2v) is 4.25.